The maximum atomic E-state index is 14.2. The second-order valence-corrected chi connectivity index (χ2v) is 12.8. The minimum atomic E-state index is -4.14. The summed E-state index contributed by atoms with van der Waals surface area (Å²) in [5.41, 5.74) is 3.63. The molecular weight excluding hydrogens is 581 g/mol. The lowest BCUT2D eigenvalue weighted by molar-refractivity contribution is -0.140. The molecule has 3 rings (SSSR count). The molecule has 220 valence electrons. The van der Waals surface area contributed by atoms with Crippen molar-refractivity contribution in [1.82, 2.24) is 10.2 Å². The zero-order valence-electron chi connectivity index (χ0n) is 24.1. The quantitative estimate of drug-likeness (QED) is 0.253. The van der Waals surface area contributed by atoms with Crippen LogP contribution in [0.15, 0.2) is 65.6 Å². The molecule has 0 saturated heterocycles. The molecule has 1 N–H and O–H groups in total. The lowest BCUT2D eigenvalue weighted by Gasteiger charge is -2.33. The van der Waals surface area contributed by atoms with Gasteiger partial charge in [-0.05, 0) is 75.1 Å². The summed E-state index contributed by atoms with van der Waals surface area (Å²) >= 11 is 12.4. The van der Waals surface area contributed by atoms with E-state index in [1.165, 1.54) is 17.0 Å². The van der Waals surface area contributed by atoms with Gasteiger partial charge in [-0.1, -0.05) is 78.5 Å². The van der Waals surface area contributed by atoms with Crippen LogP contribution in [-0.2, 0) is 26.2 Å². The van der Waals surface area contributed by atoms with Crippen molar-refractivity contribution >= 4 is 50.7 Å². The molecule has 7 nitrogen and oxygen atoms in total. The molecule has 3 aromatic carbocycles. The molecule has 0 aromatic heterocycles. The number of amides is 2. The van der Waals surface area contributed by atoms with E-state index < -0.39 is 28.5 Å². The monoisotopic (exact) mass is 617 g/mol. The summed E-state index contributed by atoms with van der Waals surface area (Å²) < 4.78 is 29.2. The zero-order chi connectivity index (χ0) is 30.3. The van der Waals surface area contributed by atoms with Crippen molar-refractivity contribution in [2.45, 2.75) is 64.9 Å². The minimum absolute atomic E-state index is 0.0407. The maximum absolute atomic E-state index is 14.2. The molecule has 1 atom stereocenters. The van der Waals surface area contributed by atoms with Crippen LogP contribution in [0.1, 0.15) is 48.9 Å². The van der Waals surface area contributed by atoms with E-state index in [0.717, 1.165) is 21.9 Å². The highest BCUT2D eigenvalue weighted by molar-refractivity contribution is 7.92. The molecule has 0 aliphatic rings. The molecular formula is C31H37Cl2N3O4S. The molecule has 2 amide bonds. The Kier molecular flexibility index (Phi) is 11.2. The number of nitrogens with zero attached hydrogens (tertiary/aromatic N) is 2. The van der Waals surface area contributed by atoms with E-state index in [0.29, 0.717) is 39.8 Å². The van der Waals surface area contributed by atoms with Gasteiger partial charge in [0.2, 0.25) is 11.8 Å². The Bertz CT molecular complexity index is 1490. The van der Waals surface area contributed by atoms with Crippen LogP contribution in [0.25, 0.3) is 0 Å². The summed E-state index contributed by atoms with van der Waals surface area (Å²) in [4.78, 5) is 28.8. The Morgan fingerprint density at radius 1 is 0.878 bits per heavy atom. The minimum Gasteiger partial charge on any atom is -0.354 e. The fraction of sp³-hybridized carbons (Fsp3) is 0.355. The lowest BCUT2D eigenvalue weighted by atomic mass is 10.1. The number of sulfonamides is 1. The normalized spacial score (nSPS) is 12.1. The molecule has 0 fully saturated rings. The number of carbonyl (C=O) groups is 2. The fourth-order valence-corrected chi connectivity index (χ4v) is 6.36. The van der Waals surface area contributed by atoms with Gasteiger partial charge in [0.25, 0.3) is 10.0 Å². The van der Waals surface area contributed by atoms with Crippen molar-refractivity contribution < 1.29 is 18.0 Å². The highest BCUT2D eigenvalue weighted by Crippen LogP contribution is 2.29. The van der Waals surface area contributed by atoms with Crippen LogP contribution in [0.2, 0.25) is 10.0 Å². The molecule has 0 aliphatic heterocycles. The van der Waals surface area contributed by atoms with E-state index in [1.54, 1.807) is 36.4 Å². The number of benzene rings is 3. The van der Waals surface area contributed by atoms with Gasteiger partial charge in [-0.25, -0.2) is 8.42 Å². The number of rotatable bonds is 12. The van der Waals surface area contributed by atoms with E-state index in [1.807, 2.05) is 46.8 Å². The zero-order valence-corrected chi connectivity index (χ0v) is 26.4. The van der Waals surface area contributed by atoms with Crippen LogP contribution < -0.4 is 9.62 Å². The first kappa shape index (κ1) is 32.4. The number of nitrogens with one attached hydrogen (secondary N) is 1. The molecule has 0 heterocycles. The summed E-state index contributed by atoms with van der Waals surface area (Å²) in [6, 6.07) is 16.1. The first-order chi connectivity index (χ1) is 19.4. The standard InChI is InChI=1S/C31H37Cl2N3O4S/c1-6-16-34-31(38)28(7-2)35(19-24-11-14-26(32)27(33)18-24)30(37)20-36(29-15-10-22(4)17-23(29)5)41(39,40)25-12-8-21(3)9-13-25/h8-15,17-18,28H,6-7,16,19-20H2,1-5H3,(H,34,38)/t28-/m1/s1. The van der Waals surface area contributed by atoms with Crippen LogP contribution in [0.5, 0.6) is 0 Å². The predicted molar refractivity (Wildman–Crippen MR) is 166 cm³/mol. The fourth-order valence-electron chi connectivity index (χ4n) is 4.56. The van der Waals surface area contributed by atoms with Crippen LogP contribution in [0.4, 0.5) is 5.69 Å². The highest BCUT2D eigenvalue weighted by Gasteiger charge is 2.34. The van der Waals surface area contributed by atoms with Crippen LogP contribution >= 0.6 is 23.2 Å². The van der Waals surface area contributed by atoms with Crippen molar-refractivity contribution in [2.75, 3.05) is 17.4 Å². The molecule has 0 aliphatic carbocycles. The second kappa shape index (κ2) is 14.2. The molecule has 0 saturated carbocycles. The number of carbonyl (C=O) groups excluding carboxylic acids is 2. The summed E-state index contributed by atoms with van der Waals surface area (Å²) in [6.07, 6.45) is 1.06. The lowest BCUT2D eigenvalue weighted by Crippen LogP contribution is -2.52. The van der Waals surface area contributed by atoms with Gasteiger partial charge in [-0.15, -0.1) is 0 Å². The molecule has 0 bridgehead atoms. The van der Waals surface area contributed by atoms with Crippen LogP contribution in [0.3, 0.4) is 0 Å². The topological polar surface area (TPSA) is 86.8 Å². The summed E-state index contributed by atoms with van der Waals surface area (Å²) in [5.74, 6) is -0.826. The Morgan fingerprint density at radius 3 is 2.12 bits per heavy atom. The number of hydrogen-bond donors (Lipinski definition) is 1. The largest absolute Gasteiger partial charge is 0.354 e. The first-order valence-electron chi connectivity index (χ1n) is 13.6. The molecule has 3 aromatic rings. The van der Waals surface area contributed by atoms with Gasteiger partial charge in [0, 0.05) is 13.1 Å². The van der Waals surface area contributed by atoms with Gasteiger partial charge in [0.15, 0.2) is 0 Å². The van der Waals surface area contributed by atoms with Gasteiger partial charge in [-0.3, -0.25) is 13.9 Å². The molecule has 10 heteroatoms. The second-order valence-electron chi connectivity index (χ2n) is 10.1. The Labute approximate surface area is 253 Å². The van der Waals surface area contributed by atoms with Crippen molar-refractivity contribution in [3.05, 3.63) is 93.0 Å². The van der Waals surface area contributed by atoms with Gasteiger partial charge in [0.1, 0.15) is 12.6 Å². The average molecular weight is 619 g/mol. The maximum Gasteiger partial charge on any atom is 0.264 e. The third kappa shape index (κ3) is 8.03. The number of anilines is 1. The van der Waals surface area contributed by atoms with E-state index >= 15 is 0 Å². The molecule has 0 spiro atoms. The van der Waals surface area contributed by atoms with Crippen LogP contribution in [-0.4, -0.2) is 44.3 Å². The Hall–Kier alpha value is -3.07. The summed E-state index contributed by atoms with van der Waals surface area (Å²) in [5, 5.41) is 3.56. The van der Waals surface area contributed by atoms with Gasteiger partial charge in [0.05, 0.1) is 20.6 Å². The third-order valence-electron chi connectivity index (χ3n) is 6.78. The van der Waals surface area contributed by atoms with Crippen LogP contribution in [0, 0.1) is 20.8 Å². The van der Waals surface area contributed by atoms with E-state index in [9.17, 15) is 18.0 Å². The molecule has 0 radical (unpaired) electrons. The number of halogens is 2. The van der Waals surface area contributed by atoms with E-state index in [4.69, 9.17) is 23.2 Å². The number of aryl methyl sites for hydroxylation is 3. The Morgan fingerprint density at radius 2 is 1.54 bits per heavy atom. The predicted octanol–water partition coefficient (Wildman–Crippen LogP) is 6.45. The van der Waals surface area contributed by atoms with E-state index in [-0.39, 0.29) is 17.3 Å². The van der Waals surface area contributed by atoms with Gasteiger partial charge in [-0.2, -0.15) is 0 Å². The van der Waals surface area contributed by atoms with Crippen molar-refractivity contribution in [2.24, 2.45) is 0 Å². The third-order valence-corrected chi connectivity index (χ3v) is 9.29. The average Bonchev–Trinajstić information content (AvgIpc) is 2.92. The van der Waals surface area contributed by atoms with E-state index in [2.05, 4.69) is 5.32 Å². The van der Waals surface area contributed by atoms with Crippen molar-refractivity contribution in [3.8, 4) is 0 Å². The first-order valence-corrected chi connectivity index (χ1v) is 15.8. The summed E-state index contributed by atoms with van der Waals surface area (Å²) in [7, 11) is -4.14. The molecule has 0 unspecified atom stereocenters. The van der Waals surface area contributed by atoms with Gasteiger partial charge >= 0.3 is 0 Å². The Balaban J connectivity index is 2.10. The highest BCUT2D eigenvalue weighted by atomic mass is 35.5. The molecule has 41 heavy (non-hydrogen) atoms. The summed E-state index contributed by atoms with van der Waals surface area (Å²) in [6.45, 7) is 9.36. The van der Waals surface area contributed by atoms with Crippen molar-refractivity contribution in [3.63, 3.8) is 0 Å². The SMILES string of the molecule is CCCNC(=O)[C@@H](CC)N(Cc1ccc(Cl)c(Cl)c1)C(=O)CN(c1ccc(C)cc1C)S(=O)(=O)c1ccc(C)cc1. The number of hydrogen-bond acceptors (Lipinski definition) is 4. The van der Waals surface area contributed by atoms with Crippen molar-refractivity contribution in [1.29, 1.82) is 0 Å². The van der Waals surface area contributed by atoms with Gasteiger partial charge < -0.3 is 10.2 Å². The smallest absolute Gasteiger partial charge is 0.264 e.